The molecular weight excluding hydrogens is 222 g/mol. The Bertz CT molecular complexity index is 461. The molecule has 1 aromatic rings. The van der Waals surface area contributed by atoms with Crippen LogP contribution >= 0.6 is 0 Å². The number of hydrogen-bond donors (Lipinski definition) is 1. The minimum atomic E-state index is -0.434. The second kappa shape index (κ2) is 4.40. The highest BCUT2D eigenvalue weighted by Gasteiger charge is 2.27. The van der Waals surface area contributed by atoms with Gasteiger partial charge in [0, 0.05) is 31.3 Å². The molecule has 17 heavy (non-hydrogen) atoms. The Hall–Kier alpha value is -2.11. The van der Waals surface area contributed by atoms with E-state index in [9.17, 15) is 14.9 Å². The van der Waals surface area contributed by atoms with Crippen LogP contribution in [0.25, 0.3) is 0 Å². The smallest absolute Gasteiger partial charge is 0.318 e. The van der Waals surface area contributed by atoms with Gasteiger partial charge in [0.25, 0.3) is 5.69 Å². The first-order valence-corrected chi connectivity index (χ1v) is 5.35. The number of nitro benzene ring substituents is 1. The number of nitro groups is 1. The van der Waals surface area contributed by atoms with Crippen LogP contribution in [0.15, 0.2) is 24.3 Å². The monoisotopic (exact) mass is 235 g/mol. The molecule has 2 amide bonds. The molecule has 6 nitrogen and oxygen atoms in total. The van der Waals surface area contributed by atoms with Gasteiger partial charge in [0.05, 0.1) is 4.92 Å². The lowest BCUT2D eigenvalue weighted by Crippen LogP contribution is -2.31. The summed E-state index contributed by atoms with van der Waals surface area (Å²) in [4.78, 5) is 23.4. The van der Waals surface area contributed by atoms with Crippen molar-refractivity contribution in [2.45, 2.75) is 19.5 Å². The van der Waals surface area contributed by atoms with Gasteiger partial charge in [-0.2, -0.15) is 0 Å². The molecule has 0 spiro atoms. The van der Waals surface area contributed by atoms with E-state index in [4.69, 9.17) is 0 Å². The second-order valence-corrected chi connectivity index (χ2v) is 4.09. The summed E-state index contributed by atoms with van der Waals surface area (Å²) in [6.07, 6.45) is 0. The molecule has 1 unspecified atom stereocenters. The molecule has 2 rings (SSSR count). The zero-order chi connectivity index (χ0) is 12.4. The van der Waals surface area contributed by atoms with E-state index >= 15 is 0 Å². The van der Waals surface area contributed by atoms with E-state index in [1.165, 1.54) is 12.1 Å². The van der Waals surface area contributed by atoms with Crippen molar-refractivity contribution in [2.75, 3.05) is 6.54 Å². The first-order chi connectivity index (χ1) is 8.08. The van der Waals surface area contributed by atoms with E-state index in [2.05, 4.69) is 5.32 Å². The van der Waals surface area contributed by atoms with Crippen LogP contribution in [0, 0.1) is 10.1 Å². The SMILES string of the molecule is CC1CNC(=O)N1Cc1cccc([N+](=O)[O-])c1. The van der Waals surface area contributed by atoms with Crippen LogP contribution in [0.5, 0.6) is 0 Å². The first-order valence-electron chi connectivity index (χ1n) is 5.35. The van der Waals surface area contributed by atoms with Crippen molar-refractivity contribution >= 4 is 11.7 Å². The summed E-state index contributed by atoms with van der Waals surface area (Å²) < 4.78 is 0. The lowest BCUT2D eigenvalue weighted by Gasteiger charge is -2.19. The molecule has 0 saturated carbocycles. The van der Waals surface area contributed by atoms with Gasteiger partial charge in [0.15, 0.2) is 0 Å². The van der Waals surface area contributed by atoms with Crippen LogP contribution in [0.4, 0.5) is 10.5 Å². The van der Waals surface area contributed by atoms with Gasteiger partial charge in [0.2, 0.25) is 0 Å². The number of nitrogens with one attached hydrogen (secondary N) is 1. The Morgan fingerprint density at radius 1 is 1.59 bits per heavy atom. The Morgan fingerprint density at radius 3 is 2.94 bits per heavy atom. The third-order valence-corrected chi connectivity index (χ3v) is 2.82. The maximum absolute atomic E-state index is 11.5. The van der Waals surface area contributed by atoms with Crippen LogP contribution in [0.2, 0.25) is 0 Å². The van der Waals surface area contributed by atoms with Gasteiger partial charge < -0.3 is 10.2 Å². The van der Waals surface area contributed by atoms with E-state index in [0.29, 0.717) is 13.1 Å². The van der Waals surface area contributed by atoms with Crippen molar-refractivity contribution in [1.29, 1.82) is 0 Å². The van der Waals surface area contributed by atoms with Gasteiger partial charge in [-0.25, -0.2) is 4.79 Å². The zero-order valence-corrected chi connectivity index (χ0v) is 9.42. The van der Waals surface area contributed by atoms with Crippen molar-refractivity contribution in [1.82, 2.24) is 10.2 Å². The highest BCUT2D eigenvalue weighted by molar-refractivity contribution is 5.76. The second-order valence-electron chi connectivity index (χ2n) is 4.09. The van der Waals surface area contributed by atoms with Gasteiger partial charge in [0.1, 0.15) is 0 Å². The van der Waals surface area contributed by atoms with Gasteiger partial charge in [-0.3, -0.25) is 10.1 Å². The molecule has 1 aliphatic heterocycles. The number of benzene rings is 1. The fourth-order valence-electron chi connectivity index (χ4n) is 1.84. The lowest BCUT2D eigenvalue weighted by molar-refractivity contribution is -0.384. The number of rotatable bonds is 3. The van der Waals surface area contributed by atoms with E-state index in [1.54, 1.807) is 17.0 Å². The largest absolute Gasteiger partial charge is 0.336 e. The minimum absolute atomic E-state index is 0.0507. The van der Waals surface area contributed by atoms with Crippen LogP contribution in [-0.4, -0.2) is 28.4 Å². The molecule has 1 heterocycles. The normalized spacial score (nSPS) is 19.2. The summed E-state index contributed by atoms with van der Waals surface area (Å²) in [6, 6.07) is 6.35. The molecule has 1 fully saturated rings. The van der Waals surface area contributed by atoms with Gasteiger partial charge >= 0.3 is 6.03 Å². The van der Waals surface area contributed by atoms with Crippen molar-refractivity contribution in [3.8, 4) is 0 Å². The molecule has 0 bridgehead atoms. The third-order valence-electron chi connectivity index (χ3n) is 2.82. The summed E-state index contributed by atoms with van der Waals surface area (Å²) in [6.45, 7) is 2.96. The molecule has 0 aliphatic carbocycles. The Kier molecular flexibility index (Phi) is 2.95. The number of amides is 2. The molecule has 0 aromatic heterocycles. The maximum Gasteiger partial charge on any atom is 0.318 e. The molecule has 1 aliphatic rings. The highest BCUT2D eigenvalue weighted by Crippen LogP contribution is 2.17. The summed E-state index contributed by atoms with van der Waals surface area (Å²) in [7, 11) is 0. The van der Waals surface area contributed by atoms with Crippen LogP contribution in [0.3, 0.4) is 0 Å². The van der Waals surface area contributed by atoms with E-state index in [1.807, 2.05) is 6.92 Å². The Balaban J connectivity index is 2.15. The molecular formula is C11H13N3O3. The average molecular weight is 235 g/mol. The van der Waals surface area contributed by atoms with Crippen LogP contribution < -0.4 is 5.32 Å². The van der Waals surface area contributed by atoms with Crippen molar-refractivity contribution in [3.63, 3.8) is 0 Å². The van der Waals surface area contributed by atoms with E-state index in [-0.39, 0.29) is 17.8 Å². The fourth-order valence-corrected chi connectivity index (χ4v) is 1.84. The summed E-state index contributed by atoms with van der Waals surface area (Å²) in [5, 5.41) is 13.4. The lowest BCUT2D eigenvalue weighted by atomic mass is 10.2. The zero-order valence-electron chi connectivity index (χ0n) is 9.42. The summed E-state index contributed by atoms with van der Waals surface area (Å²) in [5.41, 5.74) is 0.817. The van der Waals surface area contributed by atoms with Gasteiger partial charge in [-0.15, -0.1) is 0 Å². The average Bonchev–Trinajstić information content (AvgIpc) is 2.61. The topological polar surface area (TPSA) is 75.5 Å². The van der Waals surface area contributed by atoms with Gasteiger partial charge in [-0.05, 0) is 12.5 Å². The Labute approximate surface area is 98.4 Å². The summed E-state index contributed by atoms with van der Waals surface area (Å²) in [5.74, 6) is 0. The quantitative estimate of drug-likeness (QED) is 0.637. The van der Waals surface area contributed by atoms with E-state index in [0.717, 1.165) is 5.56 Å². The molecule has 0 radical (unpaired) electrons. The number of urea groups is 1. The third kappa shape index (κ3) is 2.35. The van der Waals surface area contributed by atoms with Crippen LogP contribution in [0.1, 0.15) is 12.5 Å². The number of non-ortho nitro benzene ring substituents is 1. The highest BCUT2D eigenvalue weighted by atomic mass is 16.6. The first kappa shape index (κ1) is 11.4. The molecule has 6 heteroatoms. The number of hydrogen-bond acceptors (Lipinski definition) is 3. The molecule has 1 N–H and O–H groups in total. The van der Waals surface area contributed by atoms with E-state index < -0.39 is 4.92 Å². The molecule has 90 valence electrons. The Morgan fingerprint density at radius 2 is 2.35 bits per heavy atom. The molecule has 1 atom stereocenters. The predicted molar refractivity (Wildman–Crippen MR) is 61.5 cm³/mol. The van der Waals surface area contributed by atoms with Gasteiger partial charge in [-0.1, -0.05) is 12.1 Å². The van der Waals surface area contributed by atoms with Crippen molar-refractivity contribution < 1.29 is 9.72 Å². The standard InChI is InChI=1S/C11H13N3O3/c1-8-6-12-11(15)13(8)7-9-3-2-4-10(5-9)14(16)17/h2-5,8H,6-7H2,1H3,(H,12,15). The van der Waals surface area contributed by atoms with Crippen LogP contribution in [-0.2, 0) is 6.54 Å². The minimum Gasteiger partial charge on any atom is -0.336 e. The molecule has 1 saturated heterocycles. The van der Waals surface area contributed by atoms with Crippen molar-refractivity contribution in [2.24, 2.45) is 0 Å². The predicted octanol–water partition coefficient (Wildman–Crippen LogP) is 1.51. The molecule has 1 aromatic carbocycles. The van der Waals surface area contributed by atoms with Crippen molar-refractivity contribution in [3.05, 3.63) is 39.9 Å². The number of nitrogens with zero attached hydrogens (tertiary/aromatic N) is 2. The summed E-state index contributed by atoms with van der Waals surface area (Å²) >= 11 is 0. The fraction of sp³-hybridized carbons (Fsp3) is 0.364. The maximum atomic E-state index is 11.5. The number of carbonyl (C=O) groups is 1. The number of carbonyl (C=O) groups excluding carboxylic acids is 1.